The monoisotopic (exact) mass is 386 g/mol. The Balaban J connectivity index is 1.71. The first kappa shape index (κ1) is 19.6. The van der Waals surface area contributed by atoms with E-state index in [1.165, 1.54) is 6.92 Å². The molecule has 0 saturated heterocycles. The average Bonchev–Trinajstić information content (AvgIpc) is 2.70. The quantitative estimate of drug-likeness (QED) is 0.682. The number of anilines is 2. The van der Waals surface area contributed by atoms with Crippen LogP contribution in [0.3, 0.4) is 0 Å². The number of benzene rings is 2. The van der Waals surface area contributed by atoms with Gasteiger partial charge in [0.2, 0.25) is 11.8 Å². The number of nitrogens with zero attached hydrogens (tertiary/aromatic N) is 2. The van der Waals surface area contributed by atoms with Gasteiger partial charge in [0.05, 0.1) is 0 Å². The fourth-order valence-corrected chi connectivity index (χ4v) is 2.61. The summed E-state index contributed by atoms with van der Waals surface area (Å²) in [6.45, 7) is 3.26. The number of hydrogen-bond donors (Lipinski definition) is 2. The van der Waals surface area contributed by atoms with Crippen molar-refractivity contribution in [3.05, 3.63) is 77.5 Å². The highest BCUT2D eigenvalue weighted by Crippen LogP contribution is 2.27. The number of hydrogen-bond acceptors (Lipinski definition) is 5. The van der Waals surface area contributed by atoms with Crippen LogP contribution in [0.25, 0.3) is 0 Å². The fraction of sp³-hybridized carbons (Fsp3) is 0.0909. The summed E-state index contributed by atoms with van der Waals surface area (Å²) in [4.78, 5) is 27.6. The molecule has 0 aliphatic rings. The predicted molar refractivity (Wildman–Crippen MR) is 109 cm³/mol. The normalized spacial score (nSPS) is 9.97. The van der Waals surface area contributed by atoms with Gasteiger partial charge in [-0.2, -0.15) is 5.26 Å². The highest BCUT2D eigenvalue weighted by molar-refractivity contribution is 6.05. The number of amides is 2. The van der Waals surface area contributed by atoms with Gasteiger partial charge in [0.15, 0.2) is 0 Å². The summed E-state index contributed by atoms with van der Waals surface area (Å²) < 4.78 is 5.69. The lowest BCUT2D eigenvalue weighted by molar-refractivity contribution is -0.114. The minimum atomic E-state index is -0.271. The van der Waals surface area contributed by atoms with Crippen LogP contribution in [0, 0.1) is 18.3 Å². The lowest BCUT2D eigenvalue weighted by Gasteiger charge is -2.12. The highest BCUT2D eigenvalue weighted by Gasteiger charge is 2.10. The maximum Gasteiger partial charge on any atom is 0.255 e. The summed E-state index contributed by atoms with van der Waals surface area (Å²) in [7, 11) is 0. The largest absolute Gasteiger partial charge is 0.438 e. The van der Waals surface area contributed by atoms with Crippen LogP contribution in [-0.4, -0.2) is 16.8 Å². The van der Waals surface area contributed by atoms with Crippen LogP contribution in [0.1, 0.15) is 28.4 Å². The van der Waals surface area contributed by atoms with Crippen LogP contribution < -0.4 is 15.4 Å². The Bertz CT molecular complexity index is 1100. The van der Waals surface area contributed by atoms with Gasteiger partial charge >= 0.3 is 0 Å². The molecule has 3 aromatic rings. The molecule has 29 heavy (non-hydrogen) atoms. The molecule has 7 heteroatoms. The summed E-state index contributed by atoms with van der Waals surface area (Å²) in [5.41, 5.74) is 2.85. The molecule has 0 atom stereocenters. The summed E-state index contributed by atoms with van der Waals surface area (Å²) in [5.74, 6) is 0.293. The van der Waals surface area contributed by atoms with Gasteiger partial charge < -0.3 is 15.4 Å². The van der Waals surface area contributed by atoms with Crippen molar-refractivity contribution in [1.29, 1.82) is 5.26 Å². The summed E-state index contributed by atoms with van der Waals surface area (Å²) in [6, 6.07) is 17.1. The third-order valence-corrected chi connectivity index (χ3v) is 4.02. The number of pyridine rings is 1. The summed E-state index contributed by atoms with van der Waals surface area (Å²) >= 11 is 0. The van der Waals surface area contributed by atoms with E-state index in [2.05, 4.69) is 15.6 Å². The zero-order chi connectivity index (χ0) is 20.8. The molecular weight excluding hydrogens is 368 g/mol. The first-order chi connectivity index (χ1) is 14.0. The molecule has 144 valence electrons. The second-order valence-corrected chi connectivity index (χ2v) is 6.26. The molecule has 0 aliphatic carbocycles. The van der Waals surface area contributed by atoms with Gasteiger partial charge in [0.1, 0.15) is 17.4 Å². The number of rotatable bonds is 5. The Kier molecular flexibility index (Phi) is 5.85. The highest BCUT2D eigenvalue weighted by atomic mass is 16.5. The van der Waals surface area contributed by atoms with Crippen molar-refractivity contribution in [2.75, 3.05) is 10.6 Å². The first-order valence-corrected chi connectivity index (χ1v) is 8.79. The number of nitriles is 1. The average molecular weight is 386 g/mol. The Labute approximate surface area is 168 Å². The Hall–Kier alpha value is -4.18. The van der Waals surface area contributed by atoms with Crippen LogP contribution in [0.15, 0.2) is 60.8 Å². The lowest BCUT2D eigenvalue weighted by atomic mass is 10.1. The number of aryl methyl sites for hydroxylation is 1. The molecule has 0 saturated carbocycles. The molecule has 0 spiro atoms. The van der Waals surface area contributed by atoms with Crippen molar-refractivity contribution in [2.45, 2.75) is 13.8 Å². The predicted octanol–water partition coefficient (Wildman–Crippen LogP) is 4.26. The summed E-state index contributed by atoms with van der Waals surface area (Å²) in [5, 5.41) is 14.6. The molecule has 1 aromatic heterocycles. The molecule has 0 radical (unpaired) electrons. The third kappa shape index (κ3) is 4.96. The van der Waals surface area contributed by atoms with E-state index < -0.39 is 0 Å². The van der Waals surface area contributed by atoms with Crippen LogP contribution in [0.4, 0.5) is 11.4 Å². The second-order valence-electron chi connectivity index (χ2n) is 6.26. The standard InChI is InChI=1S/C22H18N4O3/c1-14-12-19(29-22-17(13-23)4-3-11-24-22)9-10-20(14)26-21(28)16-5-7-18(8-6-16)25-15(2)27/h3-12H,1-2H3,(H,25,27)(H,26,28). The third-order valence-electron chi connectivity index (χ3n) is 4.02. The van der Waals surface area contributed by atoms with Gasteiger partial charge in [-0.1, -0.05) is 0 Å². The van der Waals surface area contributed by atoms with E-state index in [-0.39, 0.29) is 17.7 Å². The molecule has 2 N–H and O–H groups in total. The van der Waals surface area contributed by atoms with Crippen molar-refractivity contribution in [1.82, 2.24) is 4.98 Å². The minimum absolute atomic E-state index is 0.173. The van der Waals surface area contributed by atoms with Gasteiger partial charge in [-0.15, -0.1) is 0 Å². The van der Waals surface area contributed by atoms with E-state index in [1.807, 2.05) is 13.0 Å². The van der Waals surface area contributed by atoms with Gasteiger partial charge in [-0.05, 0) is 67.1 Å². The molecule has 0 fully saturated rings. The molecule has 7 nitrogen and oxygen atoms in total. The molecule has 2 aromatic carbocycles. The van der Waals surface area contributed by atoms with Crippen molar-refractivity contribution >= 4 is 23.2 Å². The Morgan fingerprint density at radius 2 is 1.83 bits per heavy atom. The van der Waals surface area contributed by atoms with E-state index in [1.54, 1.807) is 60.8 Å². The fourth-order valence-electron chi connectivity index (χ4n) is 2.61. The van der Waals surface area contributed by atoms with E-state index in [4.69, 9.17) is 10.00 Å². The first-order valence-electron chi connectivity index (χ1n) is 8.79. The van der Waals surface area contributed by atoms with Gasteiger partial charge in [-0.3, -0.25) is 9.59 Å². The Morgan fingerprint density at radius 3 is 2.48 bits per heavy atom. The van der Waals surface area contributed by atoms with E-state index >= 15 is 0 Å². The van der Waals surface area contributed by atoms with Crippen LogP contribution >= 0.6 is 0 Å². The maximum atomic E-state index is 12.5. The van der Waals surface area contributed by atoms with E-state index in [9.17, 15) is 9.59 Å². The van der Waals surface area contributed by atoms with Crippen LogP contribution in [-0.2, 0) is 4.79 Å². The molecule has 2 amide bonds. The van der Waals surface area contributed by atoms with E-state index in [0.717, 1.165) is 5.56 Å². The SMILES string of the molecule is CC(=O)Nc1ccc(C(=O)Nc2ccc(Oc3ncccc3C#N)cc2C)cc1. The van der Waals surface area contributed by atoms with Crippen molar-refractivity contribution < 1.29 is 14.3 Å². The zero-order valence-corrected chi connectivity index (χ0v) is 15.9. The maximum absolute atomic E-state index is 12.5. The van der Waals surface area contributed by atoms with Crippen molar-refractivity contribution in [3.8, 4) is 17.7 Å². The van der Waals surface area contributed by atoms with E-state index in [0.29, 0.717) is 28.3 Å². The molecule has 0 bridgehead atoms. The topological polar surface area (TPSA) is 104 Å². The van der Waals surface area contributed by atoms with Crippen LogP contribution in [0.5, 0.6) is 11.6 Å². The van der Waals surface area contributed by atoms with Crippen molar-refractivity contribution in [2.24, 2.45) is 0 Å². The molecule has 0 unspecified atom stereocenters. The zero-order valence-electron chi connectivity index (χ0n) is 15.9. The number of aromatic nitrogens is 1. The second kappa shape index (κ2) is 8.67. The number of nitrogens with one attached hydrogen (secondary N) is 2. The number of ether oxygens (including phenoxy) is 1. The van der Waals surface area contributed by atoms with Gasteiger partial charge in [0.25, 0.3) is 5.91 Å². The Morgan fingerprint density at radius 1 is 1.07 bits per heavy atom. The van der Waals surface area contributed by atoms with Gasteiger partial charge in [-0.25, -0.2) is 4.98 Å². The lowest BCUT2D eigenvalue weighted by Crippen LogP contribution is -2.13. The molecular formula is C22H18N4O3. The minimum Gasteiger partial charge on any atom is -0.438 e. The summed E-state index contributed by atoms with van der Waals surface area (Å²) in [6.07, 6.45) is 1.55. The number of carbonyl (C=O) groups excluding carboxylic acids is 2. The molecule has 0 aliphatic heterocycles. The molecule has 3 rings (SSSR count). The van der Waals surface area contributed by atoms with Crippen LogP contribution in [0.2, 0.25) is 0 Å². The molecule has 1 heterocycles. The van der Waals surface area contributed by atoms with Gasteiger partial charge in [0, 0.05) is 30.1 Å². The van der Waals surface area contributed by atoms with Crippen molar-refractivity contribution in [3.63, 3.8) is 0 Å². The smallest absolute Gasteiger partial charge is 0.255 e. The number of carbonyl (C=O) groups is 2.